The summed E-state index contributed by atoms with van der Waals surface area (Å²) < 4.78 is 23.2. The highest BCUT2D eigenvalue weighted by atomic mass is 32.2. The van der Waals surface area contributed by atoms with Crippen LogP contribution in [0.2, 0.25) is 0 Å². The first-order valence-corrected chi connectivity index (χ1v) is 4.79. The molecule has 10 heavy (non-hydrogen) atoms. The fourth-order valence-corrected chi connectivity index (χ4v) is 1.37. The Kier molecular flexibility index (Phi) is 3.85. The van der Waals surface area contributed by atoms with Gasteiger partial charge in [0.25, 0.3) is 0 Å². The fraction of sp³-hybridized carbons (Fsp3) is 1.00. The van der Waals surface area contributed by atoms with Crippen molar-refractivity contribution < 1.29 is 8.42 Å². The molecule has 0 saturated heterocycles. The number of nitrogens with zero attached hydrogens (tertiary/aromatic N) is 1. The zero-order valence-electron chi connectivity index (χ0n) is 6.37. The minimum absolute atomic E-state index is 0.142. The van der Waals surface area contributed by atoms with Crippen molar-refractivity contribution >= 4 is 10.0 Å². The number of sulfonamides is 1. The molecule has 0 aromatic carbocycles. The van der Waals surface area contributed by atoms with Gasteiger partial charge in [-0.15, -0.1) is 0 Å². The Labute approximate surface area is 62.1 Å². The minimum atomic E-state index is -3.01. The van der Waals surface area contributed by atoms with Gasteiger partial charge in [-0.25, -0.2) is 12.7 Å². The second-order valence-corrected chi connectivity index (χ2v) is 4.38. The van der Waals surface area contributed by atoms with Crippen LogP contribution in [0.15, 0.2) is 0 Å². The molecule has 2 N–H and O–H groups in total. The van der Waals surface area contributed by atoms with Crippen molar-refractivity contribution in [1.82, 2.24) is 4.31 Å². The lowest BCUT2D eigenvalue weighted by molar-refractivity contribution is 0.478. The van der Waals surface area contributed by atoms with Crippen LogP contribution >= 0.6 is 0 Å². The normalized spacial score (nSPS) is 12.4. The molecule has 0 bridgehead atoms. The summed E-state index contributed by atoms with van der Waals surface area (Å²) in [5, 5.41) is 0. The molecule has 0 saturated carbocycles. The predicted molar refractivity (Wildman–Crippen MR) is 41.1 cm³/mol. The zero-order chi connectivity index (χ0) is 8.20. The van der Waals surface area contributed by atoms with E-state index in [0.717, 1.165) is 0 Å². The van der Waals surface area contributed by atoms with E-state index in [-0.39, 0.29) is 5.75 Å². The Morgan fingerprint density at radius 3 is 2.30 bits per heavy atom. The molecule has 0 aliphatic heterocycles. The molecule has 0 spiro atoms. The first-order valence-electron chi connectivity index (χ1n) is 3.18. The van der Waals surface area contributed by atoms with Gasteiger partial charge in [0, 0.05) is 20.1 Å². The first kappa shape index (κ1) is 9.87. The molecule has 0 aliphatic carbocycles. The third-order valence-electron chi connectivity index (χ3n) is 1.28. The Hall–Kier alpha value is -0.130. The summed E-state index contributed by atoms with van der Waals surface area (Å²) in [5.74, 6) is 0.142. The molecule has 0 rings (SSSR count). The summed E-state index contributed by atoms with van der Waals surface area (Å²) in [5.41, 5.74) is 5.17. The van der Waals surface area contributed by atoms with E-state index in [1.54, 1.807) is 6.92 Å². The smallest absolute Gasteiger partial charge is 0.213 e. The van der Waals surface area contributed by atoms with Crippen LogP contribution in [-0.4, -0.2) is 38.6 Å². The molecule has 62 valence electrons. The van der Waals surface area contributed by atoms with E-state index in [1.807, 2.05) is 0 Å². The van der Waals surface area contributed by atoms with Crippen molar-refractivity contribution in [2.24, 2.45) is 5.73 Å². The number of rotatable bonds is 4. The second-order valence-electron chi connectivity index (χ2n) is 2.01. The van der Waals surface area contributed by atoms with Gasteiger partial charge in [-0.2, -0.15) is 0 Å². The Morgan fingerprint density at radius 2 is 2.00 bits per heavy atom. The maximum absolute atomic E-state index is 11.0. The Morgan fingerprint density at radius 1 is 1.50 bits per heavy atom. The van der Waals surface area contributed by atoms with Crippen molar-refractivity contribution in [3.05, 3.63) is 0 Å². The lowest BCUT2D eigenvalue weighted by Gasteiger charge is -2.13. The molecule has 0 radical (unpaired) electrons. The van der Waals surface area contributed by atoms with Gasteiger partial charge in [-0.3, -0.25) is 0 Å². The average molecular weight is 166 g/mol. The Bertz CT molecular complexity index is 176. The van der Waals surface area contributed by atoms with Gasteiger partial charge in [-0.05, 0) is 6.92 Å². The maximum atomic E-state index is 11.0. The van der Waals surface area contributed by atoms with Crippen LogP contribution in [0.25, 0.3) is 0 Å². The van der Waals surface area contributed by atoms with Gasteiger partial charge in [0.15, 0.2) is 0 Å². The topological polar surface area (TPSA) is 63.4 Å². The quantitative estimate of drug-likeness (QED) is 0.596. The summed E-state index contributed by atoms with van der Waals surface area (Å²) in [7, 11) is -1.47. The lowest BCUT2D eigenvalue weighted by Crippen LogP contribution is -2.32. The SMILES string of the molecule is CCS(=O)(=O)N(C)CCN. The van der Waals surface area contributed by atoms with Crippen LogP contribution in [0, 0.1) is 0 Å². The zero-order valence-corrected chi connectivity index (χ0v) is 7.19. The molecule has 4 nitrogen and oxygen atoms in total. The molecule has 0 aromatic rings. The van der Waals surface area contributed by atoms with Crippen molar-refractivity contribution in [2.75, 3.05) is 25.9 Å². The molecule has 0 unspecified atom stereocenters. The minimum Gasteiger partial charge on any atom is -0.329 e. The molecule has 0 atom stereocenters. The third kappa shape index (κ3) is 2.64. The Balaban J connectivity index is 4.06. The third-order valence-corrected chi connectivity index (χ3v) is 3.15. The summed E-state index contributed by atoms with van der Waals surface area (Å²) in [6.07, 6.45) is 0. The van der Waals surface area contributed by atoms with E-state index in [9.17, 15) is 8.42 Å². The number of likely N-dealkylation sites (N-methyl/N-ethyl adjacent to an activating group) is 1. The van der Waals surface area contributed by atoms with Gasteiger partial charge in [0.05, 0.1) is 5.75 Å². The first-order chi connectivity index (χ1) is 4.54. The fourth-order valence-electron chi connectivity index (χ4n) is 0.541. The van der Waals surface area contributed by atoms with E-state index < -0.39 is 10.0 Å². The van der Waals surface area contributed by atoms with Crippen LogP contribution in [0.5, 0.6) is 0 Å². The summed E-state index contributed by atoms with van der Waals surface area (Å²) in [4.78, 5) is 0. The number of hydrogen-bond donors (Lipinski definition) is 1. The molecular weight excluding hydrogens is 152 g/mol. The van der Waals surface area contributed by atoms with Gasteiger partial charge in [-0.1, -0.05) is 0 Å². The highest BCUT2D eigenvalue weighted by molar-refractivity contribution is 7.89. The summed E-state index contributed by atoms with van der Waals surface area (Å²) in [6, 6.07) is 0. The van der Waals surface area contributed by atoms with Crippen molar-refractivity contribution in [3.63, 3.8) is 0 Å². The molecular formula is C5H14N2O2S. The van der Waals surface area contributed by atoms with Crippen molar-refractivity contribution in [1.29, 1.82) is 0 Å². The summed E-state index contributed by atoms with van der Waals surface area (Å²) >= 11 is 0. The van der Waals surface area contributed by atoms with Crippen molar-refractivity contribution in [2.45, 2.75) is 6.92 Å². The van der Waals surface area contributed by atoms with Gasteiger partial charge < -0.3 is 5.73 Å². The molecule has 0 amide bonds. The molecule has 0 aromatic heterocycles. The molecule has 0 aliphatic rings. The van der Waals surface area contributed by atoms with Gasteiger partial charge in [0.1, 0.15) is 0 Å². The van der Waals surface area contributed by atoms with Gasteiger partial charge >= 0.3 is 0 Å². The van der Waals surface area contributed by atoms with E-state index in [1.165, 1.54) is 11.4 Å². The molecule has 0 fully saturated rings. The van der Waals surface area contributed by atoms with E-state index in [0.29, 0.717) is 13.1 Å². The highest BCUT2D eigenvalue weighted by Gasteiger charge is 2.12. The maximum Gasteiger partial charge on any atom is 0.213 e. The lowest BCUT2D eigenvalue weighted by atomic mass is 10.7. The molecule has 0 heterocycles. The largest absolute Gasteiger partial charge is 0.329 e. The van der Waals surface area contributed by atoms with Crippen LogP contribution in [-0.2, 0) is 10.0 Å². The van der Waals surface area contributed by atoms with Gasteiger partial charge in [0.2, 0.25) is 10.0 Å². The van der Waals surface area contributed by atoms with Crippen LogP contribution < -0.4 is 5.73 Å². The van der Waals surface area contributed by atoms with Crippen LogP contribution in [0.3, 0.4) is 0 Å². The van der Waals surface area contributed by atoms with E-state index in [2.05, 4.69) is 0 Å². The van der Waals surface area contributed by atoms with Crippen molar-refractivity contribution in [3.8, 4) is 0 Å². The average Bonchev–Trinajstić information content (AvgIpc) is 1.89. The van der Waals surface area contributed by atoms with Crippen LogP contribution in [0.1, 0.15) is 6.92 Å². The van der Waals surface area contributed by atoms with E-state index >= 15 is 0 Å². The second kappa shape index (κ2) is 3.90. The predicted octanol–water partition coefficient (Wildman–Crippen LogP) is -0.773. The number of nitrogens with two attached hydrogens (primary N) is 1. The van der Waals surface area contributed by atoms with E-state index in [4.69, 9.17) is 5.73 Å². The molecule has 5 heteroatoms. The number of hydrogen-bond acceptors (Lipinski definition) is 3. The monoisotopic (exact) mass is 166 g/mol. The van der Waals surface area contributed by atoms with Crippen LogP contribution in [0.4, 0.5) is 0 Å². The highest BCUT2D eigenvalue weighted by Crippen LogP contribution is 1.94. The standard InChI is InChI=1S/C5H14N2O2S/c1-3-10(8,9)7(2)5-4-6/h3-6H2,1-2H3. The summed E-state index contributed by atoms with van der Waals surface area (Å²) in [6.45, 7) is 2.38.